The van der Waals surface area contributed by atoms with Crippen molar-refractivity contribution in [1.29, 1.82) is 0 Å². The number of rotatable bonds is 4. The van der Waals surface area contributed by atoms with Crippen LogP contribution in [0.3, 0.4) is 0 Å². The summed E-state index contributed by atoms with van der Waals surface area (Å²) in [5.74, 6) is -1.27. The fourth-order valence-electron chi connectivity index (χ4n) is 2.27. The Morgan fingerprint density at radius 3 is 2.55 bits per heavy atom. The van der Waals surface area contributed by atoms with E-state index in [2.05, 4.69) is 10.3 Å². The summed E-state index contributed by atoms with van der Waals surface area (Å²) in [6, 6.07) is 7.29. The van der Waals surface area contributed by atoms with Crippen molar-refractivity contribution in [3.63, 3.8) is 0 Å². The Morgan fingerprint density at radius 2 is 1.95 bits per heavy atom. The molecule has 0 aliphatic heterocycles. The summed E-state index contributed by atoms with van der Waals surface area (Å²) in [6.07, 6.45) is 1.68. The first-order chi connectivity index (χ1) is 9.54. The zero-order valence-corrected chi connectivity index (χ0v) is 12.0. The molecule has 1 heterocycles. The lowest BCUT2D eigenvalue weighted by atomic mass is 9.91. The molecule has 1 aromatic carbocycles. The van der Waals surface area contributed by atoms with Crippen LogP contribution >= 0.6 is 11.6 Å². The van der Waals surface area contributed by atoms with E-state index in [-0.39, 0.29) is 16.5 Å². The smallest absolute Gasteiger partial charge is 0.142 e. The van der Waals surface area contributed by atoms with Crippen molar-refractivity contribution in [3.8, 4) is 0 Å². The van der Waals surface area contributed by atoms with Gasteiger partial charge in [0, 0.05) is 29.4 Å². The molecule has 0 amide bonds. The summed E-state index contributed by atoms with van der Waals surface area (Å²) in [6.45, 7) is 1.91. The molecule has 2 aromatic rings. The number of hydrogen-bond donors (Lipinski definition) is 1. The predicted molar refractivity (Wildman–Crippen MR) is 75.8 cm³/mol. The molecule has 2 unspecified atom stereocenters. The van der Waals surface area contributed by atoms with E-state index in [1.165, 1.54) is 0 Å². The van der Waals surface area contributed by atoms with Crippen LogP contribution in [0, 0.1) is 11.6 Å². The van der Waals surface area contributed by atoms with Crippen LogP contribution in [0.2, 0.25) is 5.02 Å². The highest BCUT2D eigenvalue weighted by atomic mass is 35.5. The van der Waals surface area contributed by atoms with Gasteiger partial charge in [-0.1, -0.05) is 24.6 Å². The predicted octanol–water partition coefficient (Wildman–Crippen LogP) is 4.08. The molecule has 0 aliphatic carbocycles. The highest BCUT2D eigenvalue weighted by Gasteiger charge is 2.24. The number of halogens is 3. The molecule has 1 N–H and O–H groups in total. The van der Waals surface area contributed by atoms with E-state index in [1.54, 1.807) is 13.2 Å². The van der Waals surface area contributed by atoms with Crippen LogP contribution in [0.5, 0.6) is 0 Å². The van der Waals surface area contributed by atoms with E-state index in [1.807, 2.05) is 25.1 Å². The Morgan fingerprint density at radius 1 is 1.20 bits per heavy atom. The maximum atomic E-state index is 14.0. The van der Waals surface area contributed by atoms with Gasteiger partial charge in [-0.05, 0) is 31.3 Å². The zero-order valence-electron chi connectivity index (χ0n) is 11.2. The van der Waals surface area contributed by atoms with Gasteiger partial charge in [0.25, 0.3) is 0 Å². The molecule has 0 saturated heterocycles. The number of nitrogens with zero attached hydrogens (tertiary/aromatic N) is 1. The van der Waals surface area contributed by atoms with Crippen LogP contribution in [0.1, 0.15) is 30.1 Å². The Bertz CT molecular complexity index is 590. The van der Waals surface area contributed by atoms with Crippen molar-refractivity contribution in [2.45, 2.75) is 18.9 Å². The number of pyridine rings is 1. The molecule has 2 nitrogen and oxygen atoms in total. The molecule has 0 saturated carbocycles. The zero-order chi connectivity index (χ0) is 14.7. The lowest BCUT2D eigenvalue weighted by molar-refractivity contribution is 0.466. The monoisotopic (exact) mass is 296 g/mol. The summed E-state index contributed by atoms with van der Waals surface area (Å²) in [4.78, 5) is 4.26. The molecule has 20 heavy (non-hydrogen) atoms. The minimum absolute atomic E-state index is 0.115. The third kappa shape index (κ3) is 2.97. The molecule has 106 valence electrons. The molecule has 1 aromatic heterocycles. The maximum absolute atomic E-state index is 14.0. The molecular formula is C15H15ClF2N2. The second-order valence-corrected chi connectivity index (χ2v) is 5.00. The van der Waals surface area contributed by atoms with Gasteiger partial charge in [-0.15, -0.1) is 0 Å². The number of hydrogen-bond acceptors (Lipinski definition) is 2. The highest BCUT2D eigenvalue weighted by molar-refractivity contribution is 6.30. The lowest BCUT2D eigenvalue weighted by Gasteiger charge is -2.24. The van der Waals surface area contributed by atoms with Crippen molar-refractivity contribution in [1.82, 2.24) is 10.3 Å². The van der Waals surface area contributed by atoms with Gasteiger partial charge in [0.15, 0.2) is 0 Å². The second kappa shape index (κ2) is 6.29. The fraction of sp³-hybridized carbons (Fsp3) is 0.267. The van der Waals surface area contributed by atoms with Crippen LogP contribution < -0.4 is 5.32 Å². The van der Waals surface area contributed by atoms with Crippen LogP contribution in [-0.4, -0.2) is 12.0 Å². The number of likely N-dealkylation sites (N-methyl/N-ethyl adjacent to an activating group) is 1. The highest BCUT2D eigenvalue weighted by Crippen LogP contribution is 2.32. The molecule has 5 heteroatoms. The van der Waals surface area contributed by atoms with E-state index in [0.717, 1.165) is 17.8 Å². The average molecular weight is 297 g/mol. The van der Waals surface area contributed by atoms with E-state index < -0.39 is 17.7 Å². The molecular weight excluding hydrogens is 282 g/mol. The van der Waals surface area contributed by atoms with Gasteiger partial charge in [-0.25, -0.2) is 8.78 Å². The first-order valence-corrected chi connectivity index (χ1v) is 6.65. The standard InChI is InChI=1S/C15H15ClF2N2/c1-9(14-5-3-4-6-20-14)15(19-2)10-7-13(18)11(16)8-12(10)17/h3-9,15,19H,1-2H3. The van der Waals surface area contributed by atoms with Gasteiger partial charge in [0.2, 0.25) is 0 Å². The topological polar surface area (TPSA) is 24.9 Å². The molecule has 0 spiro atoms. The quantitative estimate of drug-likeness (QED) is 0.860. The largest absolute Gasteiger partial charge is 0.312 e. The van der Waals surface area contributed by atoms with E-state index in [9.17, 15) is 8.78 Å². The number of nitrogens with one attached hydrogen (secondary N) is 1. The number of benzene rings is 1. The van der Waals surface area contributed by atoms with Gasteiger partial charge < -0.3 is 5.32 Å². The average Bonchev–Trinajstić information content (AvgIpc) is 2.46. The Hall–Kier alpha value is -1.52. The van der Waals surface area contributed by atoms with Gasteiger partial charge in [0.1, 0.15) is 11.6 Å². The van der Waals surface area contributed by atoms with E-state index in [4.69, 9.17) is 11.6 Å². The first kappa shape index (κ1) is 14.9. The van der Waals surface area contributed by atoms with Crippen LogP contribution in [0.15, 0.2) is 36.5 Å². The normalized spacial score (nSPS) is 14.1. The molecule has 0 aliphatic rings. The van der Waals surface area contributed by atoms with Gasteiger partial charge >= 0.3 is 0 Å². The lowest BCUT2D eigenvalue weighted by Crippen LogP contribution is -2.24. The van der Waals surface area contributed by atoms with Crippen molar-refractivity contribution in [2.24, 2.45) is 0 Å². The molecule has 0 radical (unpaired) electrons. The Kier molecular flexibility index (Phi) is 4.68. The number of aromatic nitrogens is 1. The van der Waals surface area contributed by atoms with Crippen LogP contribution in [0.25, 0.3) is 0 Å². The molecule has 2 rings (SSSR count). The summed E-state index contributed by atoms with van der Waals surface area (Å²) in [5, 5.41) is 2.80. The van der Waals surface area contributed by atoms with Crippen molar-refractivity contribution < 1.29 is 8.78 Å². The summed E-state index contributed by atoms with van der Waals surface area (Å²) < 4.78 is 27.6. The van der Waals surface area contributed by atoms with Crippen LogP contribution in [0.4, 0.5) is 8.78 Å². The minimum Gasteiger partial charge on any atom is -0.312 e. The minimum atomic E-state index is -0.628. The third-order valence-electron chi connectivity index (χ3n) is 3.34. The van der Waals surface area contributed by atoms with E-state index in [0.29, 0.717) is 0 Å². The molecule has 2 atom stereocenters. The second-order valence-electron chi connectivity index (χ2n) is 4.60. The third-order valence-corrected chi connectivity index (χ3v) is 3.63. The van der Waals surface area contributed by atoms with Gasteiger partial charge in [0.05, 0.1) is 5.02 Å². The van der Waals surface area contributed by atoms with Gasteiger partial charge in [-0.2, -0.15) is 0 Å². The Labute approximate surface area is 121 Å². The van der Waals surface area contributed by atoms with E-state index >= 15 is 0 Å². The summed E-state index contributed by atoms with van der Waals surface area (Å²) in [5.41, 5.74) is 1.05. The molecule has 0 fully saturated rings. The van der Waals surface area contributed by atoms with Gasteiger partial charge in [-0.3, -0.25) is 4.98 Å². The maximum Gasteiger partial charge on any atom is 0.142 e. The van der Waals surface area contributed by atoms with Crippen molar-refractivity contribution in [2.75, 3.05) is 7.05 Å². The molecule has 0 bridgehead atoms. The van der Waals surface area contributed by atoms with Crippen molar-refractivity contribution in [3.05, 3.63) is 64.4 Å². The summed E-state index contributed by atoms with van der Waals surface area (Å²) in [7, 11) is 1.70. The summed E-state index contributed by atoms with van der Waals surface area (Å²) >= 11 is 5.58. The van der Waals surface area contributed by atoms with Crippen LogP contribution in [-0.2, 0) is 0 Å². The Balaban J connectivity index is 2.40. The SMILES string of the molecule is CNC(c1cc(F)c(Cl)cc1F)C(C)c1ccccn1. The first-order valence-electron chi connectivity index (χ1n) is 6.27. The fourth-order valence-corrected chi connectivity index (χ4v) is 2.42. The van der Waals surface area contributed by atoms with Crippen molar-refractivity contribution >= 4 is 11.6 Å².